The molecule has 3 aliphatic rings. The van der Waals surface area contributed by atoms with Gasteiger partial charge in [0.05, 0.1) is 19.1 Å². The van der Waals surface area contributed by atoms with Gasteiger partial charge < -0.3 is 24.7 Å². The third kappa shape index (κ3) is 6.13. The second-order valence-electron chi connectivity index (χ2n) is 12.5. The lowest BCUT2D eigenvalue weighted by Gasteiger charge is -2.43. The molecule has 9 heteroatoms. The van der Waals surface area contributed by atoms with Crippen LogP contribution in [0, 0.1) is 16.6 Å². The van der Waals surface area contributed by atoms with E-state index in [-0.39, 0.29) is 28.1 Å². The van der Waals surface area contributed by atoms with Gasteiger partial charge in [-0.25, -0.2) is 14.0 Å². The van der Waals surface area contributed by atoms with Gasteiger partial charge in [0.1, 0.15) is 5.82 Å². The molecule has 2 saturated heterocycles. The van der Waals surface area contributed by atoms with Gasteiger partial charge >= 0.3 is 12.2 Å². The molecule has 2 fully saturated rings. The fraction of sp³-hybridized carbons (Fsp3) is 0.621. The lowest BCUT2D eigenvalue weighted by molar-refractivity contribution is 0.0710. The maximum atomic E-state index is 13.8. The molecule has 0 saturated carbocycles. The van der Waals surface area contributed by atoms with Gasteiger partial charge in [0.2, 0.25) is 0 Å². The van der Waals surface area contributed by atoms with Crippen LogP contribution in [0.5, 0.6) is 0 Å². The first kappa shape index (κ1) is 29.5. The molecular formula is C29H42FN3O5. The number of fused-ring (bicyclic) bond motifs is 2. The molecule has 8 nitrogen and oxygen atoms in total. The van der Waals surface area contributed by atoms with Crippen LogP contribution in [-0.4, -0.2) is 70.7 Å². The van der Waals surface area contributed by atoms with Gasteiger partial charge in [0.25, 0.3) is 0 Å². The first-order valence-corrected chi connectivity index (χ1v) is 13.2. The lowest BCUT2D eigenvalue weighted by atomic mass is 9.64. The molecule has 3 aliphatic heterocycles. The fourth-order valence-electron chi connectivity index (χ4n) is 5.97. The highest BCUT2D eigenvalue weighted by Crippen LogP contribution is 2.51. The smallest absolute Gasteiger partial charge is 0.407 e. The molecule has 0 aromatic heterocycles. The van der Waals surface area contributed by atoms with Gasteiger partial charge in [-0.2, -0.15) is 0 Å². The maximum Gasteiger partial charge on any atom is 0.407 e. The van der Waals surface area contributed by atoms with Crippen molar-refractivity contribution >= 4 is 23.6 Å². The third-order valence-electron chi connectivity index (χ3n) is 7.79. The molecule has 1 atom stereocenters. The minimum absolute atomic E-state index is 0.0279. The fourth-order valence-corrected chi connectivity index (χ4v) is 5.97. The van der Waals surface area contributed by atoms with E-state index >= 15 is 0 Å². The summed E-state index contributed by atoms with van der Waals surface area (Å²) in [6.07, 6.45) is 2.89. The summed E-state index contributed by atoms with van der Waals surface area (Å²) in [6, 6.07) is 4.77. The van der Waals surface area contributed by atoms with Gasteiger partial charge in [-0.3, -0.25) is 4.99 Å². The number of amides is 2. The average Bonchev–Trinajstić information content (AvgIpc) is 3.13. The number of halogens is 1. The molecule has 0 bridgehead atoms. The molecule has 4 rings (SSSR count). The summed E-state index contributed by atoms with van der Waals surface area (Å²) in [4.78, 5) is 30.1. The molecule has 0 radical (unpaired) electrons. The van der Waals surface area contributed by atoms with Crippen LogP contribution in [0.1, 0.15) is 72.8 Å². The highest BCUT2D eigenvalue weighted by molar-refractivity contribution is 6.05. The number of benzene rings is 1. The number of likely N-dealkylation sites (tertiary alicyclic amines) is 2. The minimum atomic E-state index is -0.887. The molecule has 1 aromatic carbocycles. The first-order chi connectivity index (χ1) is 17.6. The summed E-state index contributed by atoms with van der Waals surface area (Å²) < 4.78 is 18.8. The van der Waals surface area contributed by atoms with Gasteiger partial charge in [-0.15, -0.1) is 0 Å². The molecule has 210 valence electrons. The van der Waals surface area contributed by atoms with E-state index in [4.69, 9.17) is 14.8 Å². The van der Waals surface area contributed by atoms with Gasteiger partial charge in [0, 0.05) is 42.2 Å². The Morgan fingerprint density at radius 3 is 2.21 bits per heavy atom. The van der Waals surface area contributed by atoms with Gasteiger partial charge in [-0.1, -0.05) is 41.5 Å². The van der Waals surface area contributed by atoms with E-state index in [1.807, 2.05) is 0 Å². The summed E-state index contributed by atoms with van der Waals surface area (Å²) in [5.41, 5.74) is 3.47. The Bertz CT molecular complexity index is 1110. The van der Waals surface area contributed by atoms with Crippen molar-refractivity contribution < 1.29 is 28.9 Å². The molecule has 3 heterocycles. The zero-order valence-corrected chi connectivity index (χ0v) is 23.7. The van der Waals surface area contributed by atoms with Gasteiger partial charge in [0.15, 0.2) is 0 Å². The predicted octanol–water partition coefficient (Wildman–Crippen LogP) is 6.67. The zero-order chi connectivity index (χ0) is 28.5. The van der Waals surface area contributed by atoms with Crippen molar-refractivity contribution in [2.24, 2.45) is 15.8 Å². The van der Waals surface area contributed by atoms with E-state index in [9.17, 15) is 19.1 Å². The Morgan fingerprint density at radius 2 is 1.71 bits per heavy atom. The number of aliphatic imine (C=N–C) groups is 1. The second kappa shape index (κ2) is 10.9. The average molecular weight is 532 g/mol. The van der Waals surface area contributed by atoms with E-state index in [0.717, 1.165) is 29.8 Å². The van der Waals surface area contributed by atoms with Crippen LogP contribution < -0.4 is 0 Å². The van der Waals surface area contributed by atoms with Crippen molar-refractivity contribution in [3.05, 3.63) is 41.4 Å². The van der Waals surface area contributed by atoms with Crippen molar-refractivity contribution in [1.29, 1.82) is 0 Å². The van der Waals surface area contributed by atoms with E-state index in [0.29, 0.717) is 32.5 Å². The van der Waals surface area contributed by atoms with E-state index in [2.05, 4.69) is 41.5 Å². The minimum Gasteiger partial charge on any atom is -0.504 e. The number of methoxy groups -OCH3 is 1. The van der Waals surface area contributed by atoms with Gasteiger partial charge in [-0.05, 0) is 60.4 Å². The quantitative estimate of drug-likeness (QED) is 0.394. The van der Waals surface area contributed by atoms with Crippen LogP contribution in [0.3, 0.4) is 0 Å². The molecule has 1 spiro atoms. The number of hydrogen-bond acceptors (Lipinski definition) is 4. The number of rotatable bonds is 1. The first-order valence-electron chi connectivity index (χ1n) is 13.2. The second-order valence-corrected chi connectivity index (χ2v) is 12.5. The largest absolute Gasteiger partial charge is 0.504 e. The number of piperidine rings is 2. The Kier molecular flexibility index (Phi) is 8.48. The number of carbonyl (C=O) groups is 2. The number of ether oxygens (including phenoxy) is 1. The highest BCUT2D eigenvalue weighted by Gasteiger charge is 2.49. The Labute approximate surface area is 225 Å². The molecule has 0 aliphatic carbocycles. The third-order valence-corrected chi connectivity index (χ3v) is 7.79. The molecule has 2 amide bonds. The van der Waals surface area contributed by atoms with E-state index in [1.54, 1.807) is 30.4 Å². The normalized spacial score (nSPS) is 21.9. The summed E-state index contributed by atoms with van der Waals surface area (Å²) in [7, 11) is 1.63. The van der Waals surface area contributed by atoms with Crippen molar-refractivity contribution in [1.82, 2.24) is 9.80 Å². The van der Waals surface area contributed by atoms with E-state index < -0.39 is 12.2 Å². The summed E-state index contributed by atoms with van der Waals surface area (Å²) >= 11 is 0. The van der Waals surface area contributed by atoms with Crippen LogP contribution in [-0.2, 0) is 10.2 Å². The summed E-state index contributed by atoms with van der Waals surface area (Å²) in [5, 5.41) is 18.3. The van der Waals surface area contributed by atoms with Crippen LogP contribution in [0.15, 0.2) is 35.0 Å². The topological polar surface area (TPSA) is 103 Å². The zero-order valence-electron chi connectivity index (χ0n) is 23.7. The SMILES string of the molecule is CC(C)(C)C1=Nc2ccc(F)cc2C12CCN(C(=O)O)CC2.CO/C=C1/CCN(C(=O)O)C(C(C)(C)C)C1. The molecule has 38 heavy (non-hydrogen) atoms. The highest BCUT2D eigenvalue weighted by atomic mass is 19.1. The van der Waals surface area contributed by atoms with Crippen molar-refractivity contribution in [2.75, 3.05) is 26.7 Å². The Hall–Kier alpha value is -3.10. The van der Waals surface area contributed by atoms with Crippen LogP contribution in [0.2, 0.25) is 0 Å². The van der Waals surface area contributed by atoms with Crippen LogP contribution in [0.25, 0.3) is 0 Å². The summed E-state index contributed by atoms with van der Waals surface area (Å²) in [5.74, 6) is -0.260. The number of carboxylic acid groups (broad SMARTS) is 2. The summed E-state index contributed by atoms with van der Waals surface area (Å²) in [6.45, 7) is 14.0. The molecule has 1 aromatic rings. The number of hydrogen-bond donors (Lipinski definition) is 2. The van der Waals surface area contributed by atoms with Crippen molar-refractivity contribution in [3.8, 4) is 0 Å². The maximum absolute atomic E-state index is 13.8. The van der Waals surface area contributed by atoms with E-state index in [1.165, 1.54) is 16.5 Å². The van der Waals surface area contributed by atoms with Crippen LogP contribution in [0.4, 0.5) is 19.7 Å². The molecule has 2 N–H and O–H groups in total. The predicted molar refractivity (Wildman–Crippen MR) is 146 cm³/mol. The molecular weight excluding hydrogens is 489 g/mol. The Morgan fingerprint density at radius 1 is 1.08 bits per heavy atom. The standard InChI is InChI=1S/C17H21FN2O2.C12H21NO3/c1-16(2,3)14-17(6-8-20(9-7-17)15(21)22)12-10-11(18)4-5-13(12)19-14;1-12(2,3)10-7-9(8-16-4)5-6-13(10)11(14)15/h4-5,10H,6-9H2,1-3H3,(H,21,22);8,10H,5-7H2,1-4H3,(H,14,15)/b;9-8-. The lowest BCUT2D eigenvalue weighted by Crippen LogP contribution is -2.50. The van der Waals surface area contributed by atoms with Crippen molar-refractivity contribution in [3.63, 3.8) is 0 Å². The Balaban J connectivity index is 0.000000223. The number of nitrogens with zero attached hydrogens (tertiary/aromatic N) is 3. The monoisotopic (exact) mass is 531 g/mol. The van der Waals surface area contributed by atoms with Crippen molar-refractivity contribution in [2.45, 2.75) is 78.7 Å². The molecule has 1 unspecified atom stereocenters. The van der Waals surface area contributed by atoms with Crippen LogP contribution >= 0.6 is 0 Å².